The Morgan fingerprint density at radius 3 is 2.38 bits per heavy atom. The molecule has 0 amide bonds. The number of hydrogen-bond donors (Lipinski definition) is 2. The Balaban J connectivity index is 4.55. The summed E-state index contributed by atoms with van der Waals surface area (Å²) in [5.74, 6) is -1.06. The van der Waals surface area contributed by atoms with Crippen LogP contribution in [-0.2, 0) is 19.1 Å². The number of carbonyl (C=O) groups is 1. The summed E-state index contributed by atoms with van der Waals surface area (Å²) in [6.07, 6.45) is -1.69. The van der Waals surface area contributed by atoms with Crippen molar-refractivity contribution in [2.24, 2.45) is 0 Å². The van der Waals surface area contributed by atoms with Crippen LogP contribution in [0.4, 0.5) is 0 Å². The third-order valence-corrected chi connectivity index (χ3v) is 3.28. The quantitative estimate of drug-likeness (QED) is 0.466. The number of carbonyl (C=O) groups excluding carboxylic acids is 1. The van der Waals surface area contributed by atoms with Crippen LogP contribution in [0.2, 0.25) is 0 Å². The van der Waals surface area contributed by atoms with Crippen LogP contribution in [0.15, 0.2) is 0 Å². The van der Waals surface area contributed by atoms with E-state index in [0.29, 0.717) is 0 Å². The molecule has 0 saturated carbocycles. The van der Waals surface area contributed by atoms with Crippen LogP contribution in [0.3, 0.4) is 0 Å². The normalized spacial score (nSPS) is 16.3. The summed E-state index contributed by atoms with van der Waals surface area (Å²) in [6.45, 7) is 0.0428. The molecule has 0 aliphatic rings. The summed E-state index contributed by atoms with van der Waals surface area (Å²) >= 11 is 5.19. The molecule has 0 spiro atoms. The van der Waals surface area contributed by atoms with Gasteiger partial charge in [0.2, 0.25) is 0 Å². The molecule has 2 N–H and O–H groups in total. The van der Waals surface area contributed by atoms with Crippen LogP contribution in [0, 0.1) is 0 Å². The average Bonchev–Trinajstić information content (AvgIpc) is 1.99. The summed E-state index contributed by atoms with van der Waals surface area (Å²) in [7, 11) is -4.36. The van der Waals surface area contributed by atoms with Crippen molar-refractivity contribution in [3.05, 3.63) is 0 Å². The van der Waals surface area contributed by atoms with Crippen LogP contribution in [0.1, 0.15) is 6.92 Å². The zero-order valence-electron chi connectivity index (χ0n) is 6.68. The fourth-order valence-corrected chi connectivity index (χ4v) is 1.56. The number of halogens is 1. The van der Waals surface area contributed by atoms with E-state index in [1.54, 1.807) is 0 Å². The Kier molecular flexibility index (Phi) is 4.62. The second kappa shape index (κ2) is 4.75. The zero-order valence-corrected chi connectivity index (χ0v) is 8.25. The van der Waals surface area contributed by atoms with Crippen molar-refractivity contribution in [3.8, 4) is 0 Å². The van der Waals surface area contributed by atoms with Crippen LogP contribution >= 0.6 is 11.6 Å². The van der Waals surface area contributed by atoms with E-state index in [-0.39, 0.29) is 0 Å². The topological polar surface area (TPSA) is 101 Å². The van der Waals surface area contributed by atoms with Crippen molar-refractivity contribution in [2.75, 3.05) is 6.61 Å². The predicted molar refractivity (Wildman–Crippen MR) is 43.4 cm³/mol. The fourth-order valence-electron chi connectivity index (χ4n) is 0.485. The lowest BCUT2D eigenvalue weighted by Gasteiger charge is -2.13. The van der Waals surface area contributed by atoms with E-state index in [1.165, 1.54) is 0 Å². The van der Waals surface area contributed by atoms with E-state index >= 15 is 0 Å². The third kappa shape index (κ3) is 3.90. The van der Waals surface area contributed by atoms with Crippen molar-refractivity contribution in [3.63, 3.8) is 0 Å². The van der Waals surface area contributed by atoms with Gasteiger partial charge in [0.15, 0.2) is 4.71 Å². The largest absolute Gasteiger partial charge is 0.394 e. The molecule has 6 nitrogen and oxygen atoms in total. The van der Waals surface area contributed by atoms with Crippen LogP contribution < -0.4 is 0 Å². The van der Waals surface area contributed by atoms with E-state index in [2.05, 4.69) is 4.18 Å². The molecule has 0 radical (unpaired) electrons. The van der Waals surface area contributed by atoms with Gasteiger partial charge in [-0.2, -0.15) is 8.42 Å². The molecule has 13 heavy (non-hydrogen) atoms. The highest BCUT2D eigenvalue weighted by atomic mass is 35.5. The van der Waals surface area contributed by atoms with Gasteiger partial charge in [0.25, 0.3) is 0 Å². The Morgan fingerprint density at radius 2 is 2.08 bits per heavy atom. The molecule has 2 atom stereocenters. The van der Waals surface area contributed by atoms with Crippen molar-refractivity contribution in [2.45, 2.75) is 17.7 Å². The van der Waals surface area contributed by atoms with E-state index in [1.807, 2.05) is 0 Å². The van der Waals surface area contributed by atoms with Crippen molar-refractivity contribution >= 4 is 27.7 Å². The second-order valence-electron chi connectivity index (χ2n) is 2.17. The van der Waals surface area contributed by atoms with Crippen molar-refractivity contribution in [1.82, 2.24) is 0 Å². The summed E-state index contributed by atoms with van der Waals surface area (Å²) in [5.41, 5.74) is 0. The molecular weight excluding hydrogens is 224 g/mol. The lowest BCUT2D eigenvalue weighted by molar-refractivity contribution is -0.131. The van der Waals surface area contributed by atoms with Crippen molar-refractivity contribution < 1.29 is 27.6 Å². The Bertz CT molecular complexity index is 273. The standard InChI is InChI=1S/C5H9ClO6S/c1-3(8)12-13(10,11)5(6)4(9)2-7/h4-5,7,9H,2H2,1H3. The Labute approximate surface area is 80.2 Å². The second-order valence-corrected chi connectivity index (χ2v) is 4.56. The highest BCUT2D eigenvalue weighted by Crippen LogP contribution is 2.13. The Morgan fingerprint density at radius 1 is 1.62 bits per heavy atom. The fraction of sp³-hybridized carbons (Fsp3) is 0.800. The van der Waals surface area contributed by atoms with E-state index in [4.69, 9.17) is 21.8 Å². The Hall–Kier alpha value is -0.370. The molecular formula is C5H9ClO6S. The van der Waals surface area contributed by atoms with Crippen LogP contribution in [-0.4, -0.2) is 42.0 Å². The van der Waals surface area contributed by atoms with E-state index < -0.39 is 33.5 Å². The van der Waals surface area contributed by atoms with E-state index in [0.717, 1.165) is 6.92 Å². The smallest absolute Gasteiger partial charge is 0.331 e. The maximum absolute atomic E-state index is 10.9. The van der Waals surface area contributed by atoms with Gasteiger partial charge in [0.05, 0.1) is 6.61 Å². The molecule has 0 heterocycles. The van der Waals surface area contributed by atoms with Gasteiger partial charge >= 0.3 is 16.1 Å². The lowest BCUT2D eigenvalue weighted by atomic mass is 10.4. The molecule has 0 aromatic carbocycles. The summed E-state index contributed by atoms with van der Waals surface area (Å²) in [4.78, 5) is 10.3. The van der Waals surface area contributed by atoms with Crippen LogP contribution in [0.25, 0.3) is 0 Å². The molecule has 0 saturated heterocycles. The first-order chi connectivity index (χ1) is 5.81. The van der Waals surface area contributed by atoms with Gasteiger partial charge in [-0.3, -0.25) is 4.79 Å². The van der Waals surface area contributed by atoms with Gasteiger partial charge < -0.3 is 14.4 Å². The molecule has 0 rings (SSSR count). The maximum Gasteiger partial charge on any atom is 0.331 e. The number of rotatable bonds is 4. The molecule has 0 fully saturated rings. The number of hydrogen-bond acceptors (Lipinski definition) is 6. The molecule has 0 aromatic heterocycles. The highest BCUT2D eigenvalue weighted by molar-refractivity contribution is 7.89. The van der Waals surface area contributed by atoms with E-state index in [9.17, 15) is 13.2 Å². The van der Waals surface area contributed by atoms with Gasteiger partial charge in [-0.25, -0.2) is 0 Å². The van der Waals surface area contributed by atoms with Gasteiger partial charge in [-0.15, -0.1) is 0 Å². The van der Waals surface area contributed by atoms with Gasteiger partial charge in [0.1, 0.15) is 6.10 Å². The van der Waals surface area contributed by atoms with Gasteiger partial charge in [0, 0.05) is 6.92 Å². The molecule has 2 unspecified atom stereocenters. The SMILES string of the molecule is CC(=O)OS(=O)(=O)C(Cl)C(O)CO. The minimum absolute atomic E-state index is 0.839. The minimum atomic E-state index is -4.36. The molecule has 8 heteroatoms. The number of aliphatic hydroxyl groups is 2. The molecule has 0 bridgehead atoms. The molecule has 0 aromatic rings. The van der Waals surface area contributed by atoms with Crippen LogP contribution in [0.5, 0.6) is 0 Å². The third-order valence-electron chi connectivity index (χ3n) is 0.999. The summed E-state index contributed by atoms with van der Waals surface area (Å²) < 4.78 is 23.8. The highest BCUT2D eigenvalue weighted by Gasteiger charge is 2.32. The first-order valence-electron chi connectivity index (χ1n) is 3.18. The zero-order chi connectivity index (χ0) is 10.6. The number of alkyl halides is 1. The minimum Gasteiger partial charge on any atom is -0.394 e. The molecule has 0 aliphatic heterocycles. The monoisotopic (exact) mass is 232 g/mol. The van der Waals surface area contributed by atoms with Gasteiger partial charge in [-0.1, -0.05) is 11.6 Å². The number of aliphatic hydroxyl groups excluding tert-OH is 2. The average molecular weight is 233 g/mol. The van der Waals surface area contributed by atoms with Gasteiger partial charge in [-0.05, 0) is 0 Å². The predicted octanol–water partition coefficient (Wildman–Crippen LogP) is -1.20. The summed E-state index contributed by atoms with van der Waals surface area (Å²) in [6, 6.07) is 0. The molecule has 78 valence electrons. The summed E-state index contributed by atoms with van der Waals surface area (Å²) in [5, 5.41) is 17.2. The van der Waals surface area contributed by atoms with Crippen molar-refractivity contribution in [1.29, 1.82) is 0 Å². The molecule has 0 aliphatic carbocycles. The maximum atomic E-state index is 10.9. The lowest BCUT2D eigenvalue weighted by Crippen LogP contribution is -2.34. The first kappa shape index (κ1) is 12.6. The first-order valence-corrected chi connectivity index (χ1v) is 5.09.